The lowest BCUT2D eigenvalue weighted by atomic mass is 9.94. The van der Waals surface area contributed by atoms with Crippen LogP contribution in [0.1, 0.15) is 34.3 Å². The molecule has 0 bridgehead atoms. The summed E-state index contributed by atoms with van der Waals surface area (Å²) in [6.07, 6.45) is 1.58. The highest BCUT2D eigenvalue weighted by atomic mass is 16.3. The number of anilines is 1. The minimum Gasteiger partial charge on any atom is -0.508 e. The smallest absolute Gasteiger partial charge is 0.232 e. The number of nitrogens with zero attached hydrogens (tertiary/aromatic N) is 1. The molecule has 1 heterocycles. The molecule has 0 fully saturated rings. The minimum absolute atomic E-state index is 0.0294. The van der Waals surface area contributed by atoms with Crippen molar-refractivity contribution < 1.29 is 14.7 Å². The Labute approximate surface area is 151 Å². The Hall–Kier alpha value is -3.47. The second kappa shape index (κ2) is 7.61. The molecule has 0 radical (unpaired) electrons. The van der Waals surface area contributed by atoms with E-state index in [1.807, 2.05) is 6.07 Å². The van der Waals surface area contributed by atoms with Gasteiger partial charge in [-0.25, -0.2) is 4.98 Å². The number of rotatable bonds is 5. The first-order valence-electron chi connectivity index (χ1n) is 8.21. The lowest BCUT2D eigenvalue weighted by molar-refractivity contribution is -0.117. The summed E-state index contributed by atoms with van der Waals surface area (Å²) in [7, 11) is 0. The Morgan fingerprint density at radius 1 is 0.962 bits per heavy atom. The highest BCUT2D eigenvalue weighted by molar-refractivity contribution is 6.09. The first-order chi connectivity index (χ1) is 12.6. The lowest BCUT2D eigenvalue weighted by Crippen LogP contribution is -2.20. The number of carbonyl (C=O) groups is 2. The van der Waals surface area contributed by atoms with Gasteiger partial charge in [0, 0.05) is 22.9 Å². The normalized spacial score (nSPS) is 11.6. The van der Waals surface area contributed by atoms with Crippen LogP contribution in [0.2, 0.25) is 0 Å². The summed E-state index contributed by atoms with van der Waals surface area (Å²) in [5.74, 6) is -0.730. The van der Waals surface area contributed by atoms with Gasteiger partial charge in [-0.15, -0.1) is 0 Å². The molecule has 0 unspecified atom stereocenters. The van der Waals surface area contributed by atoms with E-state index in [0.29, 0.717) is 22.5 Å². The van der Waals surface area contributed by atoms with E-state index in [1.54, 1.807) is 67.7 Å². The number of ketones is 1. The number of amides is 1. The molecule has 1 atom stereocenters. The number of phenols is 1. The van der Waals surface area contributed by atoms with Gasteiger partial charge in [0.2, 0.25) is 5.91 Å². The minimum atomic E-state index is -0.652. The van der Waals surface area contributed by atoms with Crippen molar-refractivity contribution in [3.05, 3.63) is 89.6 Å². The molecule has 130 valence electrons. The van der Waals surface area contributed by atoms with Crippen molar-refractivity contribution in [1.29, 1.82) is 0 Å². The van der Waals surface area contributed by atoms with Crippen LogP contribution in [0.15, 0.2) is 72.9 Å². The summed E-state index contributed by atoms with van der Waals surface area (Å²) in [6.45, 7) is 1.67. The van der Waals surface area contributed by atoms with E-state index in [0.717, 1.165) is 0 Å². The number of aromatic hydroxyl groups is 1. The molecule has 3 aromatic rings. The monoisotopic (exact) mass is 346 g/mol. The van der Waals surface area contributed by atoms with Gasteiger partial charge in [0.1, 0.15) is 11.6 Å². The van der Waals surface area contributed by atoms with Crippen LogP contribution < -0.4 is 5.32 Å². The van der Waals surface area contributed by atoms with E-state index >= 15 is 0 Å². The molecule has 0 aliphatic rings. The van der Waals surface area contributed by atoms with Crippen molar-refractivity contribution in [1.82, 2.24) is 4.98 Å². The van der Waals surface area contributed by atoms with Crippen molar-refractivity contribution in [2.24, 2.45) is 0 Å². The standard InChI is InChI=1S/C21H18N2O3/c1-14(21(26)23-19-9-5-6-12-22-19)17-13-16(10-11-18(17)24)20(25)15-7-3-2-4-8-15/h2-14,24H,1H3,(H,22,23,26)/t14-/m1/s1. The Bertz CT molecular complexity index is 925. The van der Waals surface area contributed by atoms with Gasteiger partial charge in [-0.1, -0.05) is 36.4 Å². The number of pyridine rings is 1. The van der Waals surface area contributed by atoms with Crippen molar-refractivity contribution in [3.8, 4) is 5.75 Å². The van der Waals surface area contributed by atoms with Crippen LogP contribution >= 0.6 is 0 Å². The Kier molecular flexibility index (Phi) is 5.08. The van der Waals surface area contributed by atoms with E-state index in [9.17, 15) is 14.7 Å². The number of aromatic nitrogens is 1. The van der Waals surface area contributed by atoms with Crippen LogP contribution in [0.3, 0.4) is 0 Å². The molecule has 0 saturated carbocycles. The average molecular weight is 346 g/mol. The van der Waals surface area contributed by atoms with Crippen LogP contribution in [-0.4, -0.2) is 21.8 Å². The average Bonchev–Trinajstić information content (AvgIpc) is 2.68. The summed E-state index contributed by atoms with van der Waals surface area (Å²) in [4.78, 5) is 29.1. The van der Waals surface area contributed by atoms with E-state index < -0.39 is 5.92 Å². The van der Waals surface area contributed by atoms with Crippen LogP contribution in [-0.2, 0) is 4.79 Å². The predicted molar refractivity (Wildman–Crippen MR) is 99.3 cm³/mol. The molecule has 0 saturated heterocycles. The Balaban J connectivity index is 1.85. The predicted octanol–water partition coefficient (Wildman–Crippen LogP) is 3.76. The lowest BCUT2D eigenvalue weighted by Gasteiger charge is -2.15. The molecule has 3 rings (SSSR count). The number of nitrogens with one attached hydrogen (secondary N) is 1. The van der Waals surface area contributed by atoms with Crippen LogP contribution in [0.5, 0.6) is 5.75 Å². The highest BCUT2D eigenvalue weighted by Gasteiger charge is 2.21. The molecule has 0 aliphatic heterocycles. The van der Waals surface area contributed by atoms with Gasteiger partial charge >= 0.3 is 0 Å². The fourth-order valence-corrected chi connectivity index (χ4v) is 2.61. The largest absolute Gasteiger partial charge is 0.508 e. The molecule has 0 spiro atoms. The van der Waals surface area contributed by atoms with Crippen LogP contribution in [0.4, 0.5) is 5.82 Å². The SMILES string of the molecule is C[C@@H](C(=O)Nc1ccccn1)c1cc(C(=O)c2ccccc2)ccc1O. The van der Waals surface area contributed by atoms with E-state index in [-0.39, 0.29) is 17.4 Å². The quantitative estimate of drug-likeness (QED) is 0.690. The van der Waals surface area contributed by atoms with Gasteiger partial charge in [0.25, 0.3) is 0 Å². The molecule has 26 heavy (non-hydrogen) atoms. The van der Waals surface area contributed by atoms with Crippen molar-refractivity contribution >= 4 is 17.5 Å². The van der Waals surface area contributed by atoms with E-state index in [2.05, 4.69) is 10.3 Å². The molecular formula is C21H18N2O3. The third-order valence-electron chi connectivity index (χ3n) is 4.10. The third-order valence-corrected chi connectivity index (χ3v) is 4.10. The molecule has 2 N–H and O–H groups in total. The first kappa shape index (κ1) is 17.4. The topological polar surface area (TPSA) is 79.3 Å². The van der Waals surface area contributed by atoms with Crippen LogP contribution in [0.25, 0.3) is 0 Å². The van der Waals surface area contributed by atoms with Gasteiger partial charge in [-0.3, -0.25) is 9.59 Å². The highest BCUT2D eigenvalue weighted by Crippen LogP contribution is 2.28. The Morgan fingerprint density at radius 3 is 2.38 bits per heavy atom. The molecule has 5 heteroatoms. The summed E-state index contributed by atoms with van der Waals surface area (Å²) in [5, 5.41) is 12.9. The zero-order valence-corrected chi connectivity index (χ0v) is 14.2. The van der Waals surface area contributed by atoms with Gasteiger partial charge in [-0.2, -0.15) is 0 Å². The summed E-state index contributed by atoms with van der Waals surface area (Å²) >= 11 is 0. The maximum absolute atomic E-state index is 12.6. The van der Waals surface area contributed by atoms with Gasteiger partial charge in [0.15, 0.2) is 5.78 Å². The molecule has 5 nitrogen and oxygen atoms in total. The fraction of sp³-hybridized carbons (Fsp3) is 0.0952. The number of hydrogen-bond donors (Lipinski definition) is 2. The zero-order chi connectivity index (χ0) is 18.5. The van der Waals surface area contributed by atoms with Gasteiger partial charge in [-0.05, 0) is 37.3 Å². The second-order valence-corrected chi connectivity index (χ2v) is 5.89. The Morgan fingerprint density at radius 2 is 1.69 bits per heavy atom. The summed E-state index contributed by atoms with van der Waals surface area (Å²) < 4.78 is 0. The van der Waals surface area contributed by atoms with Crippen molar-refractivity contribution in [2.45, 2.75) is 12.8 Å². The van der Waals surface area contributed by atoms with Crippen molar-refractivity contribution in [3.63, 3.8) is 0 Å². The molecular weight excluding hydrogens is 328 g/mol. The molecule has 0 aliphatic carbocycles. The van der Waals surface area contributed by atoms with Crippen molar-refractivity contribution in [2.75, 3.05) is 5.32 Å². The fourth-order valence-electron chi connectivity index (χ4n) is 2.61. The second-order valence-electron chi connectivity index (χ2n) is 5.89. The maximum atomic E-state index is 12.6. The van der Waals surface area contributed by atoms with Gasteiger partial charge < -0.3 is 10.4 Å². The number of hydrogen-bond acceptors (Lipinski definition) is 4. The summed E-state index contributed by atoms with van der Waals surface area (Å²) in [5.41, 5.74) is 1.36. The van der Waals surface area contributed by atoms with E-state index in [1.165, 1.54) is 6.07 Å². The number of benzene rings is 2. The van der Waals surface area contributed by atoms with Gasteiger partial charge in [0.05, 0.1) is 5.92 Å². The first-order valence-corrected chi connectivity index (χ1v) is 8.21. The number of carbonyl (C=O) groups excluding carboxylic acids is 2. The third kappa shape index (κ3) is 3.78. The number of phenolic OH excluding ortho intramolecular Hbond substituents is 1. The van der Waals surface area contributed by atoms with Crippen LogP contribution in [0, 0.1) is 0 Å². The van der Waals surface area contributed by atoms with E-state index in [4.69, 9.17) is 0 Å². The maximum Gasteiger partial charge on any atom is 0.232 e. The summed E-state index contributed by atoms with van der Waals surface area (Å²) in [6, 6.07) is 18.6. The molecule has 1 aromatic heterocycles. The molecule has 1 amide bonds. The zero-order valence-electron chi connectivity index (χ0n) is 14.2. The molecule has 2 aromatic carbocycles.